The molecule has 3 heteroatoms. The lowest BCUT2D eigenvalue weighted by atomic mass is 10.1. The number of aromatic amines is 1. The van der Waals surface area contributed by atoms with E-state index in [2.05, 4.69) is 64.9 Å². The molecule has 0 radical (unpaired) electrons. The van der Waals surface area contributed by atoms with Gasteiger partial charge in [0.1, 0.15) is 0 Å². The van der Waals surface area contributed by atoms with E-state index in [4.69, 9.17) is 0 Å². The zero-order valence-electron chi connectivity index (χ0n) is 10.2. The van der Waals surface area contributed by atoms with Gasteiger partial charge in [-0.25, -0.2) is 0 Å². The van der Waals surface area contributed by atoms with Crippen molar-refractivity contribution in [3.63, 3.8) is 0 Å². The van der Waals surface area contributed by atoms with E-state index in [1.54, 1.807) is 6.20 Å². The average Bonchev–Trinajstić information content (AvgIpc) is 2.92. The average molecular weight is 237 g/mol. The van der Waals surface area contributed by atoms with Crippen LogP contribution >= 0.6 is 0 Å². The van der Waals surface area contributed by atoms with Crippen LogP contribution in [0.15, 0.2) is 54.7 Å². The molecule has 0 saturated carbocycles. The van der Waals surface area contributed by atoms with E-state index in [1.807, 2.05) is 6.07 Å². The van der Waals surface area contributed by atoms with Crippen molar-refractivity contribution < 1.29 is 0 Å². The Balaban J connectivity index is 1.86. The molecule has 2 N–H and O–H groups in total. The molecule has 2 aromatic carbocycles. The Bertz CT molecular complexity index is 644. The van der Waals surface area contributed by atoms with Gasteiger partial charge in [-0.05, 0) is 35.9 Å². The van der Waals surface area contributed by atoms with E-state index in [-0.39, 0.29) is 6.04 Å². The molecule has 1 atom stereocenters. The topological polar surface area (TPSA) is 40.7 Å². The van der Waals surface area contributed by atoms with Crippen LogP contribution in [0, 0.1) is 0 Å². The maximum atomic E-state index is 3.97. The molecule has 0 saturated heterocycles. The maximum absolute atomic E-state index is 3.97. The lowest BCUT2D eigenvalue weighted by Gasteiger charge is -2.14. The predicted molar refractivity (Wildman–Crippen MR) is 74.6 cm³/mol. The standard InChI is InChI=1S/C15H15N3/c1-11(15-8-9-16-18-15)17-14-7-6-12-4-2-3-5-13(12)10-14/h2-11,17H,1H3,(H,16,18). The van der Waals surface area contributed by atoms with Crippen molar-refractivity contribution in [2.75, 3.05) is 5.32 Å². The summed E-state index contributed by atoms with van der Waals surface area (Å²) in [5, 5.41) is 12.9. The van der Waals surface area contributed by atoms with E-state index in [0.29, 0.717) is 0 Å². The molecule has 0 fully saturated rings. The number of hydrogen-bond donors (Lipinski definition) is 2. The Morgan fingerprint density at radius 3 is 2.67 bits per heavy atom. The van der Waals surface area contributed by atoms with Crippen LogP contribution in [0.4, 0.5) is 5.69 Å². The summed E-state index contributed by atoms with van der Waals surface area (Å²) >= 11 is 0. The number of hydrogen-bond acceptors (Lipinski definition) is 2. The van der Waals surface area contributed by atoms with Crippen LogP contribution in [-0.4, -0.2) is 10.2 Å². The molecule has 0 aliphatic heterocycles. The van der Waals surface area contributed by atoms with Crippen LogP contribution < -0.4 is 5.32 Å². The fourth-order valence-corrected chi connectivity index (χ4v) is 2.11. The van der Waals surface area contributed by atoms with Crippen molar-refractivity contribution >= 4 is 16.5 Å². The van der Waals surface area contributed by atoms with Gasteiger partial charge < -0.3 is 5.32 Å². The lowest BCUT2D eigenvalue weighted by Crippen LogP contribution is -2.06. The van der Waals surface area contributed by atoms with E-state index >= 15 is 0 Å². The van der Waals surface area contributed by atoms with Gasteiger partial charge in [0.25, 0.3) is 0 Å². The van der Waals surface area contributed by atoms with Crippen LogP contribution in [0.3, 0.4) is 0 Å². The Kier molecular flexibility index (Phi) is 2.73. The maximum Gasteiger partial charge on any atom is 0.0651 e. The lowest BCUT2D eigenvalue weighted by molar-refractivity contribution is 0.826. The minimum absolute atomic E-state index is 0.216. The molecule has 1 unspecified atom stereocenters. The molecule has 0 aliphatic rings. The summed E-state index contributed by atoms with van der Waals surface area (Å²) < 4.78 is 0. The van der Waals surface area contributed by atoms with Gasteiger partial charge in [0.05, 0.1) is 11.7 Å². The highest BCUT2D eigenvalue weighted by Gasteiger charge is 2.06. The Morgan fingerprint density at radius 2 is 1.89 bits per heavy atom. The van der Waals surface area contributed by atoms with Crippen molar-refractivity contribution in [1.82, 2.24) is 10.2 Å². The third-order valence-electron chi connectivity index (χ3n) is 3.12. The summed E-state index contributed by atoms with van der Waals surface area (Å²) in [4.78, 5) is 0. The second-order valence-corrected chi connectivity index (χ2v) is 4.44. The number of fused-ring (bicyclic) bond motifs is 1. The smallest absolute Gasteiger partial charge is 0.0651 e. The molecule has 0 amide bonds. The van der Waals surface area contributed by atoms with Crippen LogP contribution in [-0.2, 0) is 0 Å². The molecule has 3 nitrogen and oxygen atoms in total. The summed E-state index contributed by atoms with van der Waals surface area (Å²) in [7, 11) is 0. The van der Waals surface area contributed by atoms with Gasteiger partial charge in [-0.1, -0.05) is 30.3 Å². The van der Waals surface area contributed by atoms with E-state index in [1.165, 1.54) is 10.8 Å². The summed E-state index contributed by atoms with van der Waals surface area (Å²) in [6.45, 7) is 2.11. The van der Waals surface area contributed by atoms with Crippen LogP contribution in [0.1, 0.15) is 18.7 Å². The zero-order valence-corrected chi connectivity index (χ0v) is 10.2. The summed E-state index contributed by atoms with van der Waals surface area (Å²) in [6.07, 6.45) is 1.77. The normalized spacial score (nSPS) is 12.5. The predicted octanol–water partition coefficient (Wildman–Crippen LogP) is 3.74. The number of rotatable bonds is 3. The number of nitrogens with one attached hydrogen (secondary N) is 2. The SMILES string of the molecule is CC(Nc1ccc2ccccc2c1)c1ccn[nH]1. The quantitative estimate of drug-likeness (QED) is 0.728. The molecule has 3 rings (SSSR count). The first-order valence-electron chi connectivity index (χ1n) is 6.07. The van der Waals surface area contributed by atoms with Crippen molar-refractivity contribution in [1.29, 1.82) is 0 Å². The van der Waals surface area contributed by atoms with Crippen LogP contribution in [0.2, 0.25) is 0 Å². The molecule has 1 heterocycles. The first-order chi connectivity index (χ1) is 8.83. The van der Waals surface area contributed by atoms with Gasteiger partial charge in [0, 0.05) is 11.9 Å². The highest BCUT2D eigenvalue weighted by Crippen LogP contribution is 2.22. The molecule has 0 spiro atoms. The van der Waals surface area contributed by atoms with Gasteiger partial charge in [0.15, 0.2) is 0 Å². The highest BCUT2D eigenvalue weighted by molar-refractivity contribution is 5.85. The fourth-order valence-electron chi connectivity index (χ4n) is 2.11. The fraction of sp³-hybridized carbons (Fsp3) is 0.133. The molecule has 18 heavy (non-hydrogen) atoms. The number of benzene rings is 2. The van der Waals surface area contributed by atoms with Crippen LogP contribution in [0.25, 0.3) is 10.8 Å². The minimum Gasteiger partial charge on any atom is -0.377 e. The van der Waals surface area contributed by atoms with Crippen molar-refractivity contribution in [3.05, 3.63) is 60.4 Å². The second kappa shape index (κ2) is 4.53. The molecule has 0 bridgehead atoms. The third-order valence-corrected chi connectivity index (χ3v) is 3.12. The summed E-state index contributed by atoms with van der Waals surface area (Å²) in [5.41, 5.74) is 2.21. The first-order valence-corrected chi connectivity index (χ1v) is 6.07. The zero-order chi connectivity index (χ0) is 12.4. The molecule has 90 valence electrons. The minimum atomic E-state index is 0.216. The van der Waals surface area contributed by atoms with Gasteiger partial charge in [-0.2, -0.15) is 5.10 Å². The molecular weight excluding hydrogens is 222 g/mol. The highest BCUT2D eigenvalue weighted by atomic mass is 15.1. The van der Waals surface area contributed by atoms with Crippen molar-refractivity contribution in [2.45, 2.75) is 13.0 Å². The number of nitrogens with zero attached hydrogens (tertiary/aromatic N) is 1. The first kappa shape index (κ1) is 10.8. The second-order valence-electron chi connectivity index (χ2n) is 4.44. The van der Waals surface area contributed by atoms with E-state index < -0.39 is 0 Å². The molecular formula is C15H15N3. The summed E-state index contributed by atoms with van der Waals surface area (Å²) in [5.74, 6) is 0. The monoisotopic (exact) mass is 237 g/mol. The Labute approximate surface area is 106 Å². The molecule has 1 aromatic heterocycles. The van der Waals surface area contributed by atoms with Crippen molar-refractivity contribution in [2.24, 2.45) is 0 Å². The van der Waals surface area contributed by atoms with Crippen LogP contribution in [0.5, 0.6) is 0 Å². The molecule has 3 aromatic rings. The van der Waals surface area contributed by atoms with E-state index in [9.17, 15) is 0 Å². The van der Waals surface area contributed by atoms with Crippen molar-refractivity contribution in [3.8, 4) is 0 Å². The number of anilines is 1. The van der Waals surface area contributed by atoms with Gasteiger partial charge in [-0.15, -0.1) is 0 Å². The number of aromatic nitrogens is 2. The Hall–Kier alpha value is -2.29. The summed E-state index contributed by atoms with van der Waals surface area (Å²) in [6, 6.07) is 17.0. The van der Waals surface area contributed by atoms with Gasteiger partial charge >= 0.3 is 0 Å². The molecule has 0 aliphatic carbocycles. The Morgan fingerprint density at radius 1 is 1.06 bits per heavy atom. The van der Waals surface area contributed by atoms with Gasteiger partial charge in [-0.3, -0.25) is 5.10 Å². The number of H-pyrrole nitrogens is 1. The third kappa shape index (κ3) is 2.07. The largest absolute Gasteiger partial charge is 0.377 e. The van der Waals surface area contributed by atoms with Gasteiger partial charge in [0.2, 0.25) is 0 Å². The van der Waals surface area contributed by atoms with E-state index in [0.717, 1.165) is 11.4 Å².